The SMILES string of the molecule is C=CC(OC(=O)c1ccccc1)c1ccncc1. The first-order chi connectivity index (χ1) is 8.81. The van der Waals surface area contributed by atoms with E-state index in [1.165, 1.54) is 0 Å². The first-order valence-corrected chi connectivity index (χ1v) is 5.60. The predicted molar refractivity (Wildman–Crippen MR) is 69.0 cm³/mol. The van der Waals surface area contributed by atoms with Crippen molar-refractivity contribution in [1.82, 2.24) is 4.98 Å². The van der Waals surface area contributed by atoms with E-state index in [0.29, 0.717) is 5.56 Å². The normalized spacial score (nSPS) is 11.6. The van der Waals surface area contributed by atoms with E-state index in [4.69, 9.17) is 4.74 Å². The highest BCUT2D eigenvalue weighted by Gasteiger charge is 2.14. The van der Waals surface area contributed by atoms with Crippen molar-refractivity contribution in [1.29, 1.82) is 0 Å². The first kappa shape index (κ1) is 12.0. The smallest absolute Gasteiger partial charge is 0.339 e. The quantitative estimate of drug-likeness (QED) is 0.607. The second kappa shape index (κ2) is 5.77. The Morgan fingerprint density at radius 3 is 2.44 bits per heavy atom. The van der Waals surface area contributed by atoms with E-state index in [9.17, 15) is 4.79 Å². The molecule has 0 spiro atoms. The number of esters is 1. The maximum Gasteiger partial charge on any atom is 0.339 e. The standard InChI is InChI=1S/C15H13NO2/c1-2-14(12-8-10-16-11-9-12)18-15(17)13-6-4-3-5-7-13/h2-11,14H,1H2. The molecule has 1 unspecified atom stereocenters. The molecule has 1 aromatic carbocycles. The van der Waals surface area contributed by atoms with Crippen LogP contribution in [0.4, 0.5) is 0 Å². The third-order valence-electron chi connectivity index (χ3n) is 2.49. The van der Waals surface area contributed by atoms with E-state index in [1.807, 2.05) is 6.07 Å². The second-order valence-electron chi connectivity index (χ2n) is 3.71. The van der Waals surface area contributed by atoms with Crippen molar-refractivity contribution in [3.8, 4) is 0 Å². The largest absolute Gasteiger partial charge is 0.450 e. The fourth-order valence-corrected chi connectivity index (χ4v) is 1.56. The Hall–Kier alpha value is -2.42. The number of hydrogen-bond donors (Lipinski definition) is 0. The Morgan fingerprint density at radius 2 is 1.83 bits per heavy atom. The molecule has 0 N–H and O–H groups in total. The van der Waals surface area contributed by atoms with Crippen LogP contribution in [0.25, 0.3) is 0 Å². The number of pyridine rings is 1. The molecule has 1 aromatic heterocycles. The molecule has 0 aliphatic heterocycles. The molecule has 3 heteroatoms. The van der Waals surface area contributed by atoms with E-state index < -0.39 is 6.10 Å². The Morgan fingerprint density at radius 1 is 1.17 bits per heavy atom. The Kier molecular flexibility index (Phi) is 3.86. The minimum absolute atomic E-state index is 0.364. The summed E-state index contributed by atoms with van der Waals surface area (Å²) in [6.45, 7) is 3.69. The van der Waals surface area contributed by atoms with E-state index >= 15 is 0 Å². The number of nitrogens with zero attached hydrogens (tertiary/aromatic N) is 1. The maximum atomic E-state index is 11.9. The van der Waals surface area contributed by atoms with Gasteiger partial charge in [0.05, 0.1) is 5.56 Å². The number of carbonyl (C=O) groups excluding carboxylic acids is 1. The maximum absolute atomic E-state index is 11.9. The zero-order valence-corrected chi connectivity index (χ0v) is 9.82. The highest BCUT2D eigenvalue weighted by atomic mass is 16.5. The molecular weight excluding hydrogens is 226 g/mol. The molecule has 0 saturated carbocycles. The predicted octanol–water partition coefficient (Wildman–Crippen LogP) is 3.17. The first-order valence-electron chi connectivity index (χ1n) is 5.60. The molecule has 0 saturated heterocycles. The highest BCUT2D eigenvalue weighted by molar-refractivity contribution is 5.89. The van der Waals surface area contributed by atoms with Crippen LogP contribution in [-0.4, -0.2) is 11.0 Å². The van der Waals surface area contributed by atoms with Crippen molar-refractivity contribution in [2.45, 2.75) is 6.10 Å². The molecule has 18 heavy (non-hydrogen) atoms. The number of rotatable bonds is 4. The van der Waals surface area contributed by atoms with Crippen LogP contribution in [0.2, 0.25) is 0 Å². The lowest BCUT2D eigenvalue weighted by Gasteiger charge is -2.14. The average molecular weight is 239 g/mol. The van der Waals surface area contributed by atoms with Crippen LogP contribution >= 0.6 is 0 Å². The van der Waals surface area contributed by atoms with Gasteiger partial charge in [-0.25, -0.2) is 4.79 Å². The van der Waals surface area contributed by atoms with Crippen molar-refractivity contribution < 1.29 is 9.53 Å². The highest BCUT2D eigenvalue weighted by Crippen LogP contribution is 2.19. The molecule has 1 heterocycles. The van der Waals surface area contributed by atoms with Crippen molar-refractivity contribution >= 4 is 5.97 Å². The van der Waals surface area contributed by atoms with Gasteiger partial charge in [0.2, 0.25) is 0 Å². The van der Waals surface area contributed by atoms with E-state index in [1.54, 1.807) is 54.9 Å². The summed E-state index contributed by atoms with van der Waals surface area (Å²) in [6, 6.07) is 12.5. The van der Waals surface area contributed by atoms with E-state index in [-0.39, 0.29) is 5.97 Å². The molecule has 2 rings (SSSR count). The lowest BCUT2D eigenvalue weighted by Crippen LogP contribution is -2.09. The number of aromatic nitrogens is 1. The zero-order valence-electron chi connectivity index (χ0n) is 9.82. The minimum atomic E-state index is -0.458. The van der Waals surface area contributed by atoms with E-state index in [0.717, 1.165) is 5.56 Å². The topological polar surface area (TPSA) is 39.2 Å². The number of ether oxygens (including phenoxy) is 1. The Labute approximate surface area is 106 Å². The molecule has 0 aliphatic carbocycles. The van der Waals surface area contributed by atoms with Gasteiger partial charge in [0.1, 0.15) is 6.10 Å². The summed E-state index contributed by atoms with van der Waals surface area (Å²) < 4.78 is 5.39. The summed E-state index contributed by atoms with van der Waals surface area (Å²) in [6.07, 6.45) is 4.45. The molecule has 0 amide bonds. The summed E-state index contributed by atoms with van der Waals surface area (Å²) in [5.41, 5.74) is 1.38. The molecule has 0 radical (unpaired) electrons. The van der Waals surface area contributed by atoms with Crippen LogP contribution in [0.1, 0.15) is 22.0 Å². The fraction of sp³-hybridized carbons (Fsp3) is 0.0667. The number of carbonyl (C=O) groups is 1. The van der Waals surface area contributed by atoms with E-state index in [2.05, 4.69) is 11.6 Å². The molecule has 0 aliphatic rings. The summed E-state index contributed by atoms with van der Waals surface area (Å²) in [5.74, 6) is -0.364. The molecule has 0 fully saturated rings. The van der Waals surface area contributed by atoms with Crippen molar-refractivity contribution in [2.24, 2.45) is 0 Å². The van der Waals surface area contributed by atoms with Gasteiger partial charge in [0, 0.05) is 12.4 Å². The summed E-state index contributed by atoms with van der Waals surface area (Å²) in [4.78, 5) is 15.8. The van der Waals surface area contributed by atoms with Crippen molar-refractivity contribution in [3.63, 3.8) is 0 Å². The lowest BCUT2D eigenvalue weighted by atomic mass is 10.1. The van der Waals surface area contributed by atoms with Gasteiger partial charge in [-0.2, -0.15) is 0 Å². The summed E-state index contributed by atoms with van der Waals surface area (Å²) in [5, 5.41) is 0. The van der Waals surface area contributed by atoms with Crippen molar-refractivity contribution in [3.05, 3.63) is 78.6 Å². The van der Waals surface area contributed by atoms with Gasteiger partial charge in [0.15, 0.2) is 0 Å². The molecule has 1 atom stereocenters. The van der Waals surface area contributed by atoms with Crippen LogP contribution in [0, 0.1) is 0 Å². The van der Waals surface area contributed by atoms with Crippen LogP contribution in [-0.2, 0) is 4.74 Å². The van der Waals surface area contributed by atoms with Crippen LogP contribution in [0.5, 0.6) is 0 Å². The van der Waals surface area contributed by atoms with Crippen molar-refractivity contribution in [2.75, 3.05) is 0 Å². The van der Waals surface area contributed by atoms with Gasteiger partial charge in [-0.1, -0.05) is 24.8 Å². The van der Waals surface area contributed by atoms with Crippen LogP contribution < -0.4 is 0 Å². The second-order valence-corrected chi connectivity index (χ2v) is 3.71. The Bertz CT molecular complexity index is 523. The lowest BCUT2D eigenvalue weighted by molar-refractivity contribution is 0.0392. The van der Waals surface area contributed by atoms with Crippen LogP contribution in [0.15, 0.2) is 67.5 Å². The molecule has 90 valence electrons. The van der Waals surface area contributed by atoms with Gasteiger partial charge < -0.3 is 4.74 Å². The third-order valence-corrected chi connectivity index (χ3v) is 2.49. The van der Waals surface area contributed by atoms with Gasteiger partial charge in [-0.05, 0) is 35.9 Å². The Balaban J connectivity index is 2.13. The summed E-state index contributed by atoms with van der Waals surface area (Å²) >= 11 is 0. The van der Waals surface area contributed by atoms with Gasteiger partial charge in [0.25, 0.3) is 0 Å². The number of benzene rings is 1. The molecule has 2 aromatic rings. The number of hydrogen-bond acceptors (Lipinski definition) is 3. The fourth-order valence-electron chi connectivity index (χ4n) is 1.56. The van der Waals surface area contributed by atoms with Gasteiger partial charge >= 0.3 is 5.97 Å². The zero-order chi connectivity index (χ0) is 12.8. The van der Waals surface area contributed by atoms with Crippen LogP contribution in [0.3, 0.4) is 0 Å². The molecule has 3 nitrogen and oxygen atoms in total. The third kappa shape index (κ3) is 2.83. The molecular formula is C15H13NO2. The van der Waals surface area contributed by atoms with Gasteiger partial charge in [-0.3, -0.25) is 4.98 Å². The van der Waals surface area contributed by atoms with Gasteiger partial charge in [-0.15, -0.1) is 0 Å². The molecule has 0 bridgehead atoms. The average Bonchev–Trinajstić information content (AvgIpc) is 2.46. The minimum Gasteiger partial charge on any atom is -0.450 e. The summed E-state index contributed by atoms with van der Waals surface area (Å²) in [7, 11) is 0. The monoisotopic (exact) mass is 239 g/mol.